The molecule has 0 aliphatic carbocycles. The molecule has 0 spiro atoms. The number of non-ortho nitro benzene ring substituents is 1. The largest absolute Gasteiger partial charge is 0.370 e. The second-order valence-electron chi connectivity index (χ2n) is 5.27. The monoisotopic (exact) mass is 291 g/mol. The third-order valence-electron chi connectivity index (χ3n) is 4.04. The fourth-order valence-corrected chi connectivity index (χ4v) is 2.86. The molecule has 3 rings (SSSR count). The van der Waals surface area contributed by atoms with E-state index in [4.69, 9.17) is 4.63 Å². The molecule has 1 unspecified atom stereocenters. The molecule has 21 heavy (non-hydrogen) atoms. The fourth-order valence-electron chi connectivity index (χ4n) is 2.86. The number of nitro benzene ring substituents is 1. The van der Waals surface area contributed by atoms with Crippen molar-refractivity contribution in [1.29, 1.82) is 0 Å². The van der Waals surface area contributed by atoms with Crippen LogP contribution in [-0.2, 0) is 0 Å². The summed E-state index contributed by atoms with van der Waals surface area (Å²) in [6.45, 7) is 2.01. The summed E-state index contributed by atoms with van der Waals surface area (Å²) in [5, 5.41) is 21.9. The zero-order chi connectivity index (χ0) is 14.8. The van der Waals surface area contributed by atoms with Crippen LogP contribution in [-0.4, -0.2) is 41.4 Å². The number of hydrogen-bond donors (Lipinski definition) is 1. The summed E-state index contributed by atoms with van der Waals surface area (Å²) in [6, 6.07) is 3.57. The normalized spacial score (nSPS) is 19.4. The summed E-state index contributed by atoms with van der Waals surface area (Å²) in [4.78, 5) is 12.7. The third kappa shape index (κ3) is 2.54. The van der Waals surface area contributed by atoms with E-state index in [9.17, 15) is 10.1 Å². The van der Waals surface area contributed by atoms with Crippen LogP contribution >= 0.6 is 0 Å². The minimum Gasteiger partial charge on any atom is -0.370 e. The van der Waals surface area contributed by atoms with Gasteiger partial charge in [-0.15, -0.1) is 0 Å². The molecule has 1 aromatic carbocycles. The molecule has 0 radical (unpaired) electrons. The number of anilines is 1. The molecular weight excluding hydrogens is 274 g/mol. The van der Waals surface area contributed by atoms with E-state index in [1.807, 2.05) is 7.05 Å². The number of hydrogen-bond acceptors (Lipinski definition) is 7. The van der Waals surface area contributed by atoms with Crippen molar-refractivity contribution in [2.45, 2.75) is 25.3 Å². The highest BCUT2D eigenvalue weighted by Crippen LogP contribution is 2.32. The van der Waals surface area contributed by atoms with Crippen LogP contribution in [0.4, 0.5) is 11.4 Å². The van der Waals surface area contributed by atoms with Gasteiger partial charge in [0.15, 0.2) is 5.52 Å². The zero-order valence-electron chi connectivity index (χ0n) is 11.8. The Hall–Kier alpha value is -2.22. The van der Waals surface area contributed by atoms with Gasteiger partial charge in [-0.05, 0) is 48.7 Å². The summed E-state index contributed by atoms with van der Waals surface area (Å²) in [6.07, 6.45) is 3.22. The van der Waals surface area contributed by atoms with Crippen molar-refractivity contribution >= 4 is 22.4 Å². The average molecular weight is 291 g/mol. The molecule has 8 nitrogen and oxygen atoms in total. The van der Waals surface area contributed by atoms with E-state index in [2.05, 4.69) is 20.5 Å². The van der Waals surface area contributed by atoms with Gasteiger partial charge in [0.2, 0.25) is 5.52 Å². The van der Waals surface area contributed by atoms with Crippen LogP contribution in [0.2, 0.25) is 0 Å². The Morgan fingerprint density at radius 3 is 2.95 bits per heavy atom. The molecular formula is C13H17N5O3. The molecule has 0 amide bonds. The van der Waals surface area contributed by atoms with Crippen LogP contribution in [0.15, 0.2) is 16.8 Å². The van der Waals surface area contributed by atoms with E-state index in [1.165, 1.54) is 6.07 Å². The highest BCUT2D eigenvalue weighted by Gasteiger charge is 2.24. The Morgan fingerprint density at radius 2 is 2.14 bits per heavy atom. The van der Waals surface area contributed by atoms with Crippen LogP contribution in [0.1, 0.15) is 19.3 Å². The first-order valence-electron chi connectivity index (χ1n) is 7.01. The predicted octanol–water partition coefficient (Wildman–Crippen LogP) is 1.71. The molecule has 0 saturated carbocycles. The zero-order valence-corrected chi connectivity index (χ0v) is 11.8. The SMILES string of the molecule is CN(c1ccc([N+](=O)[O-])c2nonc12)C1CCCNCC1. The lowest BCUT2D eigenvalue weighted by Crippen LogP contribution is -2.32. The van der Waals surface area contributed by atoms with Crippen LogP contribution < -0.4 is 10.2 Å². The Labute approximate surface area is 121 Å². The number of aromatic nitrogens is 2. The van der Waals surface area contributed by atoms with E-state index >= 15 is 0 Å². The first-order chi connectivity index (χ1) is 10.2. The van der Waals surface area contributed by atoms with Gasteiger partial charge < -0.3 is 10.2 Å². The van der Waals surface area contributed by atoms with Crippen molar-refractivity contribution in [3.63, 3.8) is 0 Å². The van der Waals surface area contributed by atoms with Gasteiger partial charge in [-0.3, -0.25) is 10.1 Å². The highest BCUT2D eigenvalue weighted by molar-refractivity contribution is 5.93. The number of benzene rings is 1. The summed E-state index contributed by atoms with van der Waals surface area (Å²) >= 11 is 0. The van der Waals surface area contributed by atoms with E-state index < -0.39 is 4.92 Å². The highest BCUT2D eigenvalue weighted by atomic mass is 16.6. The number of nitrogens with zero attached hydrogens (tertiary/aromatic N) is 4. The van der Waals surface area contributed by atoms with E-state index in [1.54, 1.807) is 6.07 Å². The molecule has 1 N–H and O–H groups in total. The minimum absolute atomic E-state index is 0.0778. The van der Waals surface area contributed by atoms with Gasteiger partial charge in [0.05, 0.1) is 10.6 Å². The van der Waals surface area contributed by atoms with Crippen LogP contribution in [0.25, 0.3) is 11.0 Å². The maximum Gasteiger partial charge on any atom is 0.300 e. The maximum absolute atomic E-state index is 11.0. The molecule has 8 heteroatoms. The Kier molecular flexibility index (Phi) is 3.70. The molecule has 1 aromatic heterocycles. The second kappa shape index (κ2) is 5.65. The number of nitro groups is 1. The van der Waals surface area contributed by atoms with Crippen LogP contribution in [0, 0.1) is 10.1 Å². The Balaban J connectivity index is 1.98. The first-order valence-corrected chi connectivity index (χ1v) is 7.01. The Bertz CT molecular complexity index is 648. The number of rotatable bonds is 3. The van der Waals surface area contributed by atoms with Crippen molar-refractivity contribution in [2.24, 2.45) is 0 Å². The average Bonchev–Trinajstić information content (AvgIpc) is 2.80. The lowest BCUT2D eigenvalue weighted by Gasteiger charge is -2.28. The van der Waals surface area contributed by atoms with Gasteiger partial charge in [-0.1, -0.05) is 0 Å². The molecule has 1 aliphatic rings. The number of nitrogens with one attached hydrogen (secondary N) is 1. The maximum atomic E-state index is 11.0. The predicted molar refractivity (Wildman–Crippen MR) is 77.4 cm³/mol. The second-order valence-corrected chi connectivity index (χ2v) is 5.27. The van der Waals surface area contributed by atoms with Gasteiger partial charge in [-0.25, -0.2) is 4.63 Å². The fraction of sp³-hybridized carbons (Fsp3) is 0.538. The van der Waals surface area contributed by atoms with Gasteiger partial charge in [0, 0.05) is 19.2 Å². The summed E-state index contributed by atoms with van der Waals surface area (Å²) in [7, 11) is 1.99. The van der Waals surface area contributed by atoms with Gasteiger partial charge in [0.25, 0.3) is 0 Å². The van der Waals surface area contributed by atoms with Crippen molar-refractivity contribution in [3.8, 4) is 0 Å². The molecule has 2 aromatic rings. The van der Waals surface area contributed by atoms with E-state index in [-0.39, 0.29) is 11.2 Å². The van der Waals surface area contributed by atoms with Gasteiger partial charge >= 0.3 is 5.69 Å². The molecule has 0 bridgehead atoms. The molecule has 1 atom stereocenters. The number of fused-ring (bicyclic) bond motifs is 1. The molecule has 1 saturated heterocycles. The van der Waals surface area contributed by atoms with Crippen molar-refractivity contribution in [1.82, 2.24) is 15.6 Å². The molecule has 112 valence electrons. The molecule has 1 aliphatic heterocycles. The lowest BCUT2D eigenvalue weighted by atomic mass is 10.1. The summed E-state index contributed by atoms with van der Waals surface area (Å²) in [5.74, 6) is 0. The van der Waals surface area contributed by atoms with Crippen LogP contribution in [0.3, 0.4) is 0 Å². The van der Waals surface area contributed by atoms with Crippen molar-refractivity contribution < 1.29 is 9.55 Å². The quantitative estimate of drug-likeness (QED) is 0.679. The molecule has 1 fully saturated rings. The lowest BCUT2D eigenvalue weighted by molar-refractivity contribution is -0.383. The summed E-state index contributed by atoms with van der Waals surface area (Å²) in [5.41, 5.74) is 1.40. The van der Waals surface area contributed by atoms with Crippen LogP contribution in [0.5, 0.6) is 0 Å². The standard InChI is InChI=1S/C13H17N5O3/c1-17(9-3-2-7-14-8-6-9)10-4-5-11(18(19)20)13-12(10)15-21-16-13/h4-5,9,14H,2-3,6-8H2,1H3. The topological polar surface area (TPSA) is 97.3 Å². The first kappa shape index (κ1) is 13.7. The summed E-state index contributed by atoms with van der Waals surface area (Å²) < 4.78 is 4.72. The van der Waals surface area contributed by atoms with Gasteiger partial charge in [-0.2, -0.15) is 0 Å². The molecule has 2 heterocycles. The smallest absolute Gasteiger partial charge is 0.300 e. The van der Waals surface area contributed by atoms with Gasteiger partial charge in [0.1, 0.15) is 0 Å². The van der Waals surface area contributed by atoms with E-state index in [0.717, 1.165) is 38.0 Å². The minimum atomic E-state index is -0.466. The van der Waals surface area contributed by atoms with Crippen molar-refractivity contribution in [2.75, 3.05) is 25.0 Å². The van der Waals surface area contributed by atoms with Crippen molar-refractivity contribution in [3.05, 3.63) is 22.2 Å². The van der Waals surface area contributed by atoms with E-state index in [0.29, 0.717) is 11.6 Å². The Morgan fingerprint density at radius 1 is 1.33 bits per heavy atom. The third-order valence-corrected chi connectivity index (χ3v) is 4.04.